The summed E-state index contributed by atoms with van der Waals surface area (Å²) >= 11 is 0. The topological polar surface area (TPSA) is 8.17 Å². The number of allylic oxidation sites excluding steroid dienone is 4. The normalized spacial score (nSPS) is 12.5. The van der Waals surface area contributed by atoms with Gasteiger partial charge in [0.1, 0.15) is 0 Å². The van der Waals surface area contributed by atoms with Gasteiger partial charge in [0.05, 0.1) is 5.52 Å². The minimum Gasteiger partial charge on any atom is -0.317 e. The first-order valence-electron chi connectivity index (χ1n) is 18.1. The Morgan fingerprint density at radius 2 is 1.02 bits per heavy atom. The molecule has 0 radical (unpaired) electrons. The lowest BCUT2D eigenvalue weighted by atomic mass is 9.88. The molecule has 0 atom stereocenters. The van der Waals surface area contributed by atoms with E-state index in [9.17, 15) is 0 Å². The van der Waals surface area contributed by atoms with Gasteiger partial charge in [-0.3, -0.25) is 0 Å². The fourth-order valence-electron chi connectivity index (χ4n) is 7.53. The van der Waals surface area contributed by atoms with Gasteiger partial charge in [0.15, 0.2) is 0 Å². The SMILES string of the molecule is C1=CCCC(c2cc(N(c3ccc(-c4ccccc4)cc3)c3ccc(-c4ccccc4)cc3)ccc2-c2cccc3c2ccn3-c2ccccc2)=C1. The van der Waals surface area contributed by atoms with Crippen LogP contribution in [-0.4, -0.2) is 4.57 Å². The molecule has 0 N–H and O–H groups in total. The Morgan fingerprint density at radius 1 is 0.442 bits per heavy atom. The molecule has 9 rings (SSSR count). The van der Waals surface area contributed by atoms with E-state index in [4.69, 9.17) is 0 Å². The average molecular weight is 667 g/mol. The standard InChI is InChI=1S/C50H38N2/c1-5-14-37(15-6-1)39-24-28-43(29-25-39)52(44-30-26-40(27-31-44)38-16-7-2-8-17-38)45-32-33-47(49(36-45)41-18-9-3-10-19-41)46-22-13-23-50-48(46)34-35-51(50)42-20-11-4-12-21-42/h1-9,11-18,20-36H,10,19H2. The summed E-state index contributed by atoms with van der Waals surface area (Å²) in [5, 5.41) is 1.25. The van der Waals surface area contributed by atoms with Gasteiger partial charge in [-0.05, 0) is 118 Å². The van der Waals surface area contributed by atoms with Crippen molar-refractivity contribution in [2.45, 2.75) is 12.8 Å². The van der Waals surface area contributed by atoms with Gasteiger partial charge < -0.3 is 9.47 Å². The van der Waals surface area contributed by atoms with Gasteiger partial charge in [-0.1, -0.05) is 140 Å². The monoisotopic (exact) mass is 666 g/mol. The van der Waals surface area contributed by atoms with Crippen molar-refractivity contribution in [3.8, 4) is 39.1 Å². The van der Waals surface area contributed by atoms with Crippen LogP contribution < -0.4 is 4.90 Å². The van der Waals surface area contributed by atoms with Crippen LogP contribution in [0.15, 0.2) is 206 Å². The second-order valence-corrected chi connectivity index (χ2v) is 13.3. The van der Waals surface area contributed by atoms with E-state index in [1.54, 1.807) is 0 Å². The molecule has 0 amide bonds. The maximum atomic E-state index is 2.41. The van der Waals surface area contributed by atoms with Crippen LogP contribution in [-0.2, 0) is 0 Å². The molecule has 0 saturated heterocycles. The molecular formula is C50H38N2. The van der Waals surface area contributed by atoms with Crippen molar-refractivity contribution in [1.29, 1.82) is 0 Å². The van der Waals surface area contributed by atoms with Gasteiger partial charge in [0.2, 0.25) is 0 Å². The molecule has 52 heavy (non-hydrogen) atoms. The molecule has 0 aliphatic heterocycles. The highest BCUT2D eigenvalue weighted by atomic mass is 15.1. The zero-order chi connectivity index (χ0) is 34.7. The largest absolute Gasteiger partial charge is 0.317 e. The van der Waals surface area contributed by atoms with E-state index in [1.165, 1.54) is 55.4 Å². The van der Waals surface area contributed by atoms with Crippen LogP contribution in [0, 0.1) is 0 Å². The van der Waals surface area contributed by atoms with Crippen LogP contribution in [0.5, 0.6) is 0 Å². The van der Waals surface area contributed by atoms with Gasteiger partial charge in [-0.25, -0.2) is 0 Å². The van der Waals surface area contributed by atoms with Crippen molar-refractivity contribution in [1.82, 2.24) is 4.57 Å². The molecule has 2 heteroatoms. The lowest BCUT2D eigenvalue weighted by molar-refractivity contribution is 1.05. The number of rotatable bonds is 8. The minimum atomic E-state index is 1.01. The minimum absolute atomic E-state index is 1.01. The molecule has 1 aliphatic carbocycles. The van der Waals surface area contributed by atoms with Gasteiger partial charge in [0.25, 0.3) is 0 Å². The number of fused-ring (bicyclic) bond motifs is 1. The summed E-state index contributed by atoms with van der Waals surface area (Å²) in [5.41, 5.74) is 15.7. The predicted molar refractivity (Wildman–Crippen MR) is 221 cm³/mol. The Bertz CT molecular complexity index is 2440. The molecule has 8 aromatic rings. The zero-order valence-corrected chi connectivity index (χ0v) is 28.9. The lowest BCUT2D eigenvalue weighted by Gasteiger charge is -2.28. The molecule has 1 heterocycles. The van der Waals surface area contributed by atoms with Crippen molar-refractivity contribution in [3.63, 3.8) is 0 Å². The Morgan fingerprint density at radius 3 is 1.62 bits per heavy atom. The van der Waals surface area contributed by atoms with E-state index in [0.29, 0.717) is 0 Å². The van der Waals surface area contributed by atoms with Gasteiger partial charge >= 0.3 is 0 Å². The summed E-state index contributed by atoms with van der Waals surface area (Å²) < 4.78 is 2.29. The Labute approximate surface area is 305 Å². The highest BCUT2D eigenvalue weighted by Crippen LogP contribution is 2.43. The summed E-state index contributed by atoms with van der Waals surface area (Å²) in [6.07, 6.45) is 11.0. The quantitative estimate of drug-likeness (QED) is 0.157. The number of benzene rings is 7. The molecule has 0 bridgehead atoms. The van der Waals surface area contributed by atoms with Crippen molar-refractivity contribution in [3.05, 3.63) is 212 Å². The van der Waals surface area contributed by atoms with Crippen LogP contribution in [0.2, 0.25) is 0 Å². The molecule has 2 nitrogen and oxygen atoms in total. The highest BCUT2D eigenvalue weighted by molar-refractivity contribution is 6.00. The molecular weight excluding hydrogens is 629 g/mol. The van der Waals surface area contributed by atoms with Gasteiger partial charge in [-0.15, -0.1) is 0 Å². The maximum absolute atomic E-state index is 2.41. The molecule has 0 fully saturated rings. The van der Waals surface area contributed by atoms with Crippen molar-refractivity contribution in [2.75, 3.05) is 4.90 Å². The van der Waals surface area contributed by atoms with Crippen molar-refractivity contribution >= 4 is 33.5 Å². The summed E-state index contributed by atoms with van der Waals surface area (Å²) in [7, 11) is 0. The van der Waals surface area contributed by atoms with Crippen LogP contribution in [0.3, 0.4) is 0 Å². The van der Waals surface area contributed by atoms with E-state index in [0.717, 1.165) is 35.6 Å². The molecule has 248 valence electrons. The Balaban J connectivity index is 1.19. The molecule has 1 aliphatic rings. The third kappa shape index (κ3) is 6.05. The molecule has 0 saturated carbocycles. The van der Waals surface area contributed by atoms with E-state index in [1.807, 2.05) is 0 Å². The van der Waals surface area contributed by atoms with Gasteiger partial charge in [-0.2, -0.15) is 0 Å². The Kier molecular flexibility index (Phi) is 8.40. The molecule has 0 spiro atoms. The summed E-state index contributed by atoms with van der Waals surface area (Å²) in [6, 6.07) is 65.7. The average Bonchev–Trinajstić information content (AvgIpc) is 3.68. The molecule has 1 aromatic heterocycles. The first kappa shape index (κ1) is 31.3. The van der Waals surface area contributed by atoms with Crippen LogP contribution in [0.1, 0.15) is 18.4 Å². The molecule has 0 unspecified atom stereocenters. The van der Waals surface area contributed by atoms with Gasteiger partial charge in [0, 0.05) is 34.3 Å². The van der Waals surface area contributed by atoms with Crippen molar-refractivity contribution < 1.29 is 0 Å². The number of hydrogen-bond acceptors (Lipinski definition) is 1. The fourth-order valence-corrected chi connectivity index (χ4v) is 7.53. The van der Waals surface area contributed by atoms with Crippen LogP contribution >= 0.6 is 0 Å². The van der Waals surface area contributed by atoms with E-state index in [2.05, 4.69) is 216 Å². The second-order valence-electron chi connectivity index (χ2n) is 13.3. The second kappa shape index (κ2) is 13.9. The summed E-state index contributed by atoms with van der Waals surface area (Å²) in [4.78, 5) is 2.39. The predicted octanol–water partition coefficient (Wildman–Crippen LogP) is 13.8. The number of anilines is 3. The van der Waals surface area contributed by atoms with E-state index >= 15 is 0 Å². The number of aromatic nitrogens is 1. The van der Waals surface area contributed by atoms with E-state index < -0.39 is 0 Å². The fraction of sp³-hybridized carbons (Fsp3) is 0.0400. The lowest BCUT2D eigenvalue weighted by Crippen LogP contribution is -2.10. The highest BCUT2D eigenvalue weighted by Gasteiger charge is 2.19. The Hall–Kier alpha value is -6.64. The number of nitrogens with zero attached hydrogens (tertiary/aromatic N) is 2. The first-order valence-corrected chi connectivity index (χ1v) is 18.1. The van der Waals surface area contributed by atoms with Crippen molar-refractivity contribution in [2.24, 2.45) is 0 Å². The van der Waals surface area contributed by atoms with Crippen LogP contribution in [0.4, 0.5) is 17.1 Å². The summed E-state index contributed by atoms with van der Waals surface area (Å²) in [6.45, 7) is 0. The third-order valence-corrected chi connectivity index (χ3v) is 10.1. The zero-order valence-electron chi connectivity index (χ0n) is 28.9. The third-order valence-electron chi connectivity index (χ3n) is 10.1. The summed E-state index contributed by atoms with van der Waals surface area (Å²) in [5.74, 6) is 0. The van der Waals surface area contributed by atoms with E-state index in [-0.39, 0.29) is 0 Å². The van der Waals surface area contributed by atoms with Crippen LogP contribution in [0.25, 0.3) is 55.5 Å². The first-order chi connectivity index (χ1) is 25.8. The number of para-hydroxylation sites is 1. The maximum Gasteiger partial charge on any atom is 0.0534 e. The smallest absolute Gasteiger partial charge is 0.0534 e. The molecule has 7 aromatic carbocycles. The number of hydrogen-bond donors (Lipinski definition) is 0.